The van der Waals surface area contributed by atoms with E-state index in [0.717, 1.165) is 17.1 Å². The molecule has 0 bridgehead atoms. The molecule has 4 heteroatoms. The van der Waals surface area contributed by atoms with Crippen LogP contribution in [0.2, 0.25) is 36.3 Å². The van der Waals surface area contributed by atoms with Crippen LogP contribution in [-0.2, 0) is 0 Å². The molecule has 1 rings (SSSR count). The molecule has 0 heterocycles. The standard InChI is InChI=1S/C19H36O2Si2/c1-15-14-16(20-22(8,9)18(2,3)4)12-13-17(15)21-23(10,11)19(5,6)7/h12-14H,1-11H3. The van der Waals surface area contributed by atoms with Crippen LogP contribution in [0, 0.1) is 6.92 Å². The number of hydrogen-bond donors (Lipinski definition) is 0. The second-order valence-electron chi connectivity index (χ2n) is 9.65. The van der Waals surface area contributed by atoms with Gasteiger partial charge in [0.1, 0.15) is 11.5 Å². The molecule has 0 radical (unpaired) electrons. The zero-order valence-corrected chi connectivity index (χ0v) is 19.0. The summed E-state index contributed by atoms with van der Waals surface area (Å²) in [5.74, 6) is 1.97. The van der Waals surface area contributed by atoms with Gasteiger partial charge in [-0.1, -0.05) is 41.5 Å². The summed E-state index contributed by atoms with van der Waals surface area (Å²) < 4.78 is 12.8. The third kappa shape index (κ3) is 4.86. The van der Waals surface area contributed by atoms with Crippen LogP contribution in [-0.4, -0.2) is 16.6 Å². The normalized spacial score (nSPS) is 13.9. The van der Waals surface area contributed by atoms with Crippen molar-refractivity contribution in [2.75, 3.05) is 0 Å². The van der Waals surface area contributed by atoms with Crippen molar-refractivity contribution in [3.63, 3.8) is 0 Å². The van der Waals surface area contributed by atoms with E-state index in [1.807, 2.05) is 0 Å². The van der Waals surface area contributed by atoms with Gasteiger partial charge in [-0.2, -0.15) is 0 Å². The van der Waals surface area contributed by atoms with Crippen LogP contribution in [0.25, 0.3) is 0 Å². The predicted molar refractivity (Wildman–Crippen MR) is 107 cm³/mol. The first kappa shape index (κ1) is 20.3. The fourth-order valence-electron chi connectivity index (χ4n) is 1.68. The van der Waals surface area contributed by atoms with Gasteiger partial charge in [-0.25, -0.2) is 0 Å². The molecule has 0 aliphatic rings. The Morgan fingerprint density at radius 3 is 1.57 bits per heavy atom. The predicted octanol–water partition coefficient (Wildman–Crippen LogP) is 6.76. The molecule has 2 nitrogen and oxygen atoms in total. The van der Waals surface area contributed by atoms with Gasteiger partial charge in [0.2, 0.25) is 16.6 Å². The van der Waals surface area contributed by atoms with Crippen LogP contribution in [0.4, 0.5) is 0 Å². The molecule has 23 heavy (non-hydrogen) atoms. The van der Waals surface area contributed by atoms with E-state index in [0.29, 0.717) is 0 Å². The maximum atomic E-state index is 6.44. The summed E-state index contributed by atoms with van der Waals surface area (Å²) in [6.45, 7) is 24.8. The van der Waals surface area contributed by atoms with Gasteiger partial charge in [0.25, 0.3) is 0 Å². The second kappa shape index (κ2) is 6.28. The Hall–Kier alpha value is -0.746. The molecule has 0 unspecified atom stereocenters. The quantitative estimate of drug-likeness (QED) is 0.557. The zero-order valence-electron chi connectivity index (χ0n) is 17.0. The van der Waals surface area contributed by atoms with Gasteiger partial charge in [-0.05, 0) is 67.0 Å². The topological polar surface area (TPSA) is 18.5 Å². The van der Waals surface area contributed by atoms with Gasteiger partial charge in [-0.15, -0.1) is 0 Å². The third-order valence-corrected chi connectivity index (χ3v) is 14.2. The molecule has 0 atom stereocenters. The van der Waals surface area contributed by atoms with Gasteiger partial charge in [0, 0.05) is 0 Å². The molecule has 0 amide bonds. The molecule has 0 aliphatic carbocycles. The Labute approximate surface area is 145 Å². The molecule has 0 saturated heterocycles. The highest BCUT2D eigenvalue weighted by atomic mass is 28.4. The summed E-state index contributed by atoms with van der Waals surface area (Å²) in [5.41, 5.74) is 1.16. The number of benzene rings is 1. The molecule has 132 valence electrons. The lowest BCUT2D eigenvalue weighted by molar-refractivity contribution is 0.479. The van der Waals surface area contributed by atoms with Crippen molar-refractivity contribution in [2.45, 2.75) is 84.7 Å². The molecule has 0 spiro atoms. The van der Waals surface area contributed by atoms with E-state index >= 15 is 0 Å². The molecular formula is C19H36O2Si2. The molecule has 1 aromatic carbocycles. The molecular weight excluding hydrogens is 316 g/mol. The van der Waals surface area contributed by atoms with E-state index < -0.39 is 16.6 Å². The molecule has 0 fully saturated rings. The number of hydrogen-bond acceptors (Lipinski definition) is 2. The molecule has 0 aromatic heterocycles. The Bertz CT molecular complexity index is 549. The van der Waals surface area contributed by atoms with Crippen molar-refractivity contribution >= 4 is 16.6 Å². The van der Waals surface area contributed by atoms with Crippen LogP contribution < -0.4 is 8.85 Å². The second-order valence-corrected chi connectivity index (χ2v) is 19.1. The highest BCUT2D eigenvalue weighted by molar-refractivity contribution is 6.75. The van der Waals surface area contributed by atoms with E-state index in [4.69, 9.17) is 8.85 Å². The van der Waals surface area contributed by atoms with Crippen LogP contribution >= 0.6 is 0 Å². The van der Waals surface area contributed by atoms with E-state index in [9.17, 15) is 0 Å². The first-order chi connectivity index (χ1) is 10.1. The van der Waals surface area contributed by atoms with Crippen molar-refractivity contribution in [1.29, 1.82) is 0 Å². The van der Waals surface area contributed by atoms with Crippen molar-refractivity contribution in [2.24, 2.45) is 0 Å². The highest BCUT2D eigenvalue weighted by Crippen LogP contribution is 2.40. The maximum absolute atomic E-state index is 6.44. The fraction of sp³-hybridized carbons (Fsp3) is 0.684. The van der Waals surface area contributed by atoms with Crippen molar-refractivity contribution in [3.8, 4) is 11.5 Å². The summed E-state index contributed by atoms with van der Waals surface area (Å²) >= 11 is 0. The van der Waals surface area contributed by atoms with Gasteiger partial charge in [0.05, 0.1) is 0 Å². The maximum Gasteiger partial charge on any atom is 0.250 e. The molecule has 1 aromatic rings. The Morgan fingerprint density at radius 1 is 0.739 bits per heavy atom. The molecule has 0 N–H and O–H groups in total. The van der Waals surface area contributed by atoms with E-state index in [1.54, 1.807) is 0 Å². The number of rotatable bonds is 4. The summed E-state index contributed by atoms with van der Waals surface area (Å²) in [6, 6.07) is 6.28. The van der Waals surface area contributed by atoms with Crippen molar-refractivity contribution < 1.29 is 8.85 Å². The fourth-order valence-corrected chi connectivity index (χ4v) is 3.78. The number of aryl methyl sites for hydroxylation is 1. The Morgan fingerprint density at radius 2 is 1.17 bits per heavy atom. The van der Waals surface area contributed by atoms with Gasteiger partial charge in [-0.3, -0.25) is 0 Å². The lowest BCUT2D eigenvalue weighted by Gasteiger charge is -2.38. The monoisotopic (exact) mass is 352 g/mol. The first-order valence-electron chi connectivity index (χ1n) is 8.55. The smallest absolute Gasteiger partial charge is 0.250 e. The summed E-state index contributed by atoms with van der Waals surface area (Å²) in [4.78, 5) is 0. The summed E-state index contributed by atoms with van der Waals surface area (Å²) in [6.07, 6.45) is 0. The summed E-state index contributed by atoms with van der Waals surface area (Å²) in [5, 5.41) is 0.410. The first-order valence-corrected chi connectivity index (χ1v) is 14.4. The van der Waals surface area contributed by atoms with Crippen LogP contribution in [0.15, 0.2) is 18.2 Å². The minimum atomic E-state index is -1.80. The SMILES string of the molecule is Cc1cc(O[Si](C)(C)C(C)(C)C)ccc1O[Si](C)(C)C(C)(C)C. The lowest BCUT2D eigenvalue weighted by Crippen LogP contribution is -2.44. The van der Waals surface area contributed by atoms with Crippen LogP contribution in [0.5, 0.6) is 11.5 Å². The molecule has 0 saturated carbocycles. The average Bonchev–Trinajstić information content (AvgIpc) is 2.29. The summed E-state index contributed by atoms with van der Waals surface area (Å²) in [7, 11) is -3.60. The lowest BCUT2D eigenvalue weighted by atomic mass is 10.2. The van der Waals surface area contributed by atoms with Crippen LogP contribution in [0.3, 0.4) is 0 Å². The van der Waals surface area contributed by atoms with Gasteiger partial charge >= 0.3 is 0 Å². The third-order valence-electron chi connectivity index (χ3n) is 5.50. The highest BCUT2D eigenvalue weighted by Gasteiger charge is 2.40. The Balaban J connectivity index is 3.00. The van der Waals surface area contributed by atoms with Crippen molar-refractivity contribution in [1.82, 2.24) is 0 Å². The largest absolute Gasteiger partial charge is 0.543 e. The minimum Gasteiger partial charge on any atom is -0.543 e. The average molecular weight is 353 g/mol. The van der Waals surface area contributed by atoms with Crippen LogP contribution in [0.1, 0.15) is 47.1 Å². The zero-order chi connectivity index (χ0) is 18.3. The van der Waals surface area contributed by atoms with E-state index in [-0.39, 0.29) is 10.1 Å². The van der Waals surface area contributed by atoms with E-state index in [2.05, 4.69) is 92.9 Å². The van der Waals surface area contributed by atoms with Gasteiger partial charge < -0.3 is 8.85 Å². The molecule has 0 aliphatic heterocycles. The Kier molecular flexibility index (Phi) is 5.54. The minimum absolute atomic E-state index is 0.204. The van der Waals surface area contributed by atoms with Crippen molar-refractivity contribution in [3.05, 3.63) is 23.8 Å². The van der Waals surface area contributed by atoms with Gasteiger partial charge in [0.15, 0.2) is 0 Å². The van der Waals surface area contributed by atoms with E-state index in [1.165, 1.54) is 0 Å².